The number of aliphatic hydroxyl groups excluding tert-OH is 6. The Kier molecular flexibility index (Phi) is 33.6. The first-order valence-corrected chi connectivity index (χ1v) is 35.3. The van der Waals surface area contributed by atoms with Gasteiger partial charge in [-0.2, -0.15) is 23.5 Å². The molecule has 542 valence electrons. The number of carbonyl (C=O) groups excluding carboxylic acids is 8. The first-order chi connectivity index (χ1) is 47.5. The van der Waals surface area contributed by atoms with Gasteiger partial charge in [-0.25, -0.2) is 4.79 Å². The van der Waals surface area contributed by atoms with E-state index >= 15 is 0 Å². The molecule has 2 aliphatic heterocycles. The molecule has 13 atom stereocenters. The summed E-state index contributed by atoms with van der Waals surface area (Å²) in [5, 5.41) is 96.0. The van der Waals surface area contributed by atoms with Gasteiger partial charge in [0.15, 0.2) is 6.29 Å². The van der Waals surface area contributed by atoms with Crippen LogP contribution in [0.5, 0.6) is 0 Å². The second-order valence-electron chi connectivity index (χ2n) is 24.1. The lowest BCUT2D eigenvalue weighted by Gasteiger charge is -2.46. The van der Waals surface area contributed by atoms with Gasteiger partial charge in [-0.05, 0) is 96.7 Å². The number of unbranched alkanes of at least 4 members (excludes halogenated alkanes) is 2. The number of aliphatic carboxylic acids is 1. The van der Waals surface area contributed by atoms with Gasteiger partial charge in [0.25, 0.3) is 17.6 Å². The van der Waals surface area contributed by atoms with Crippen molar-refractivity contribution in [2.24, 2.45) is 5.73 Å². The SMILES string of the molecule is CC(=O)N[C@H]1[C@H]([C@H](O)[C@H](O)CNC(=O)c2ccc(-c3ccccc3)cc2)O[C@](C=O)(OCCCSCCNC(=O)C(CCC(=O)NCCSCCCO[C@]2(C(=O)O)C[C@H](O)[C@@H](NC(C)=O)[C@H]([C@H](O)[C@H](O)CNC(=O)c3ccc(-c4ccccc4)cc3)O2)NC(=O)CCCCCN)C[C@@H]1O. The van der Waals surface area contributed by atoms with Crippen LogP contribution in [0.15, 0.2) is 109 Å². The number of carboxylic acids is 1. The minimum atomic E-state index is -2.51. The molecule has 16 N–H and O–H groups in total. The van der Waals surface area contributed by atoms with Crippen molar-refractivity contribution in [1.82, 2.24) is 37.2 Å². The molecule has 0 saturated carbocycles. The fourth-order valence-electron chi connectivity index (χ4n) is 11.2. The normalized spacial score (nSPS) is 22.0. The van der Waals surface area contributed by atoms with E-state index < -0.39 is 140 Å². The monoisotopic (exact) mass is 1420 g/mol. The highest BCUT2D eigenvalue weighted by Crippen LogP contribution is 2.35. The van der Waals surface area contributed by atoms with Crippen LogP contribution in [0.2, 0.25) is 0 Å². The quantitative estimate of drug-likeness (QED) is 0.0216. The van der Waals surface area contributed by atoms with E-state index in [0.717, 1.165) is 35.6 Å². The lowest BCUT2D eigenvalue weighted by molar-refractivity contribution is -0.310. The molecule has 2 aliphatic rings. The van der Waals surface area contributed by atoms with Crippen molar-refractivity contribution in [1.29, 1.82) is 0 Å². The number of amides is 7. The van der Waals surface area contributed by atoms with Crippen molar-refractivity contribution >= 4 is 77.1 Å². The summed E-state index contributed by atoms with van der Waals surface area (Å²) < 4.78 is 23.5. The molecule has 7 amide bonds. The van der Waals surface area contributed by atoms with Gasteiger partial charge >= 0.3 is 5.97 Å². The minimum absolute atomic E-state index is 0.0218. The summed E-state index contributed by atoms with van der Waals surface area (Å²) in [7, 11) is 0. The van der Waals surface area contributed by atoms with E-state index in [9.17, 15) is 78.9 Å². The molecule has 6 rings (SSSR count). The van der Waals surface area contributed by atoms with Crippen molar-refractivity contribution < 1.29 is 97.8 Å². The maximum absolute atomic E-state index is 13.5. The zero-order valence-electron chi connectivity index (χ0n) is 55.5. The van der Waals surface area contributed by atoms with Gasteiger partial charge in [0.1, 0.15) is 30.5 Å². The predicted molar refractivity (Wildman–Crippen MR) is 368 cm³/mol. The van der Waals surface area contributed by atoms with Gasteiger partial charge in [-0.15, -0.1) is 0 Å². The van der Waals surface area contributed by atoms with Gasteiger partial charge in [0.2, 0.25) is 35.3 Å². The van der Waals surface area contributed by atoms with Crippen LogP contribution in [0.4, 0.5) is 0 Å². The summed E-state index contributed by atoms with van der Waals surface area (Å²) in [6.07, 6.45) is -11.8. The molecule has 28 nitrogen and oxygen atoms in total. The van der Waals surface area contributed by atoms with E-state index in [1.807, 2.05) is 60.7 Å². The van der Waals surface area contributed by atoms with Crippen molar-refractivity contribution in [2.45, 2.75) is 157 Å². The summed E-state index contributed by atoms with van der Waals surface area (Å²) >= 11 is 2.82. The number of aldehydes is 1. The van der Waals surface area contributed by atoms with E-state index in [0.29, 0.717) is 55.1 Å². The van der Waals surface area contributed by atoms with Gasteiger partial charge < -0.3 is 97.6 Å². The molecule has 1 unspecified atom stereocenters. The molecule has 0 radical (unpaired) electrons. The molecule has 4 aromatic carbocycles. The zero-order valence-corrected chi connectivity index (χ0v) is 57.1. The van der Waals surface area contributed by atoms with Crippen LogP contribution in [0, 0.1) is 0 Å². The van der Waals surface area contributed by atoms with E-state index in [2.05, 4.69) is 37.2 Å². The van der Waals surface area contributed by atoms with Crippen LogP contribution in [-0.2, 0) is 52.5 Å². The van der Waals surface area contributed by atoms with E-state index in [1.54, 1.807) is 48.5 Å². The number of nitrogens with two attached hydrogens (primary N) is 1. The maximum Gasteiger partial charge on any atom is 0.364 e. The molecule has 0 spiro atoms. The maximum atomic E-state index is 13.5. The number of carbonyl (C=O) groups is 9. The highest BCUT2D eigenvalue weighted by Gasteiger charge is 2.56. The molecule has 2 saturated heterocycles. The van der Waals surface area contributed by atoms with E-state index in [1.165, 1.54) is 30.4 Å². The van der Waals surface area contributed by atoms with Crippen LogP contribution in [-0.4, -0.2) is 237 Å². The fraction of sp³-hybridized carbons (Fsp3) is 0.522. The van der Waals surface area contributed by atoms with Crippen LogP contribution >= 0.6 is 23.5 Å². The second kappa shape index (κ2) is 41.3. The summed E-state index contributed by atoms with van der Waals surface area (Å²) in [6.45, 7) is 1.92. The Labute approximate surface area is 583 Å². The fourth-order valence-corrected chi connectivity index (χ4v) is 12.7. The molecule has 99 heavy (non-hydrogen) atoms. The first kappa shape index (κ1) is 80.5. The lowest BCUT2D eigenvalue weighted by atomic mass is 9.88. The number of ether oxygens (including phenoxy) is 4. The van der Waals surface area contributed by atoms with Gasteiger partial charge in [-0.1, -0.05) is 91.3 Å². The molecule has 4 aromatic rings. The number of hydrogen-bond donors (Lipinski definition) is 15. The average Bonchev–Trinajstić information content (AvgIpc) is 0.779. The standard InChI is InChI=1S/C69H94N8O20S2/c1-43(79)75-58-52(81)38-68(42-78,96-62(58)60(87)54(83)40-73-64(89)49-23-19-47(20-24-49)45-14-6-3-7-15-45)94-32-12-34-99-37-31-72-66(91)51(77-57(86)18-10-5-11-29-70)27-28-56(85)71-30-36-98-35-13-33-95-69(67(92)93)39-53(82)59(76-44(2)80)63(97-69)61(88)55(84)41-74-65(90)50-25-21-48(22-26-50)46-16-8-4-9-17-46/h3-4,6-9,14-17,19-26,42,51-55,58-63,81-84,87-88H,5,10-13,18,27-41,70H2,1-2H3,(H,71,85)(H,72,91)(H,73,89)(H,74,90)(H,75,79)(H,76,80)(H,77,86)(H,92,93)/t51?,52-,53-,54+,55+,58+,59+,60+,61+,62+,63+,68+,69+/m0/s1. The van der Waals surface area contributed by atoms with E-state index in [-0.39, 0.29) is 74.9 Å². The average molecular weight is 1420 g/mol. The summed E-state index contributed by atoms with van der Waals surface area (Å²) in [5.41, 5.74) is 9.79. The Hall–Kier alpha value is -7.43. The van der Waals surface area contributed by atoms with Crippen molar-refractivity contribution in [2.75, 3.05) is 68.9 Å². The molecule has 2 heterocycles. The summed E-state index contributed by atoms with van der Waals surface area (Å²) in [4.78, 5) is 115. The predicted octanol–water partition coefficient (Wildman–Crippen LogP) is 0.905. The summed E-state index contributed by atoms with van der Waals surface area (Å²) in [5.74, 6) is -8.16. The highest BCUT2D eigenvalue weighted by atomic mass is 32.2. The van der Waals surface area contributed by atoms with Crippen molar-refractivity contribution in [3.05, 3.63) is 120 Å². The number of thioether (sulfide) groups is 2. The minimum Gasteiger partial charge on any atom is -0.477 e. The molecule has 30 heteroatoms. The lowest BCUT2D eigenvalue weighted by Crippen LogP contribution is -2.68. The molecular formula is C69H94N8O20S2. The number of aliphatic hydroxyl groups is 6. The number of nitrogens with one attached hydrogen (secondary N) is 7. The highest BCUT2D eigenvalue weighted by molar-refractivity contribution is 7.99. The molecule has 0 bridgehead atoms. The summed E-state index contributed by atoms with van der Waals surface area (Å²) in [6, 6.07) is 28.8. The third-order valence-corrected chi connectivity index (χ3v) is 18.6. The van der Waals surface area contributed by atoms with Gasteiger partial charge in [-0.3, -0.25) is 38.4 Å². The molecule has 0 aromatic heterocycles. The third-order valence-electron chi connectivity index (χ3n) is 16.4. The Morgan fingerprint density at radius 2 is 1.05 bits per heavy atom. The molecule has 2 fully saturated rings. The second-order valence-corrected chi connectivity index (χ2v) is 26.5. The molecular weight excluding hydrogens is 1320 g/mol. The van der Waals surface area contributed by atoms with Crippen LogP contribution < -0.4 is 43.0 Å². The Morgan fingerprint density at radius 1 is 0.576 bits per heavy atom. The number of benzene rings is 4. The Morgan fingerprint density at radius 3 is 1.54 bits per heavy atom. The van der Waals surface area contributed by atoms with Crippen LogP contribution in [0.3, 0.4) is 0 Å². The third kappa shape index (κ3) is 25.6. The Bertz CT molecular complexity index is 3220. The molecule has 0 aliphatic carbocycles. The Balaban J connectivity index is 0.898. The van der Waals surface area contributed by atoms with Gasteiger partial charge in [0.05, 0.1) is 49.7 Å². The van der Waals surface area contributed by atoms with Crippen molar-refractivity contribution in [3.63, 3.8) is 0 Å². The smallest absolute Gasteiger partial charge is 0.364 e. The largest absolute Gasteiger partial charge is 0.477 e. The number of hydrogen-bond acceptors (Lipinski definition) is 22. The van der Waals surface area contributed by atoms with Crippen LogP contribution in [0.25, 0.3) is 22.3 Å². The number of carboxylic acid groups (broad SMARTS) is 1. The zero-order chi connectivity index (χ0) is 71.9. The topological polar surface area (TPSA) is 442 Å². The van der Waals surface area contributed by atoms with Crippen molar-refractivity contribution in [3.8, 4) is 22.3 Å². The van der Waals surface area contributed by atoms with Crippen LogP contribution in [0.1, 0.15) is 98.8 Å². The van der Waals surface area contributed by atoms with Gasteiger partial charge in [0, 0.05) is 88.3 Å². The number of rotatable bonds is 42. The van der Waals surface area contributed by atoms with E-state index in [4.69, 9.17) is 24.7 Å². The first-order valence-electron chi connectivity index (χ1n) is 33.0.